The van der Waals surface area contributed by atoms with Crippen molar-refractivity contribution in [1.29, 1.82) is 0 Å². The van der Waals surface area contributed by atoms with Gasteiger partial charge in [0.1, 0.15) is 17.5 Å². The number of rotatable bonds is 5. The van der Waals surface area contributed by atoms with Crippen LogP contribution >= 0.6 is 0 Å². The zero-order chi connectivity index (χ0) is 17.6. The summed E-state index contributed by atoms with van der Waals surface area (Å²) in [6.45, 7) is 0.494. The molecule has 0 fully saturated rings. The zero-order valence-corrected chi connectivity index (χ0v) is 13.2. The fourth-order valence-electron chi connectivity index (χ4n) is 2.21. The molecule has 1 aromatic heterocycles. The van der Waals surface area contributed by atoms with Crippen LogP contribution in [0.25, 0.3) is 0 Å². The Hall–Kier alpha value is -3.28. The first-order valence-electron chi connectivity index (χ1n) is 7.62. The average molecular weight is 339 g/mol. The summed E-state index contributed by atoms with van der Waals surface area (Å²) in [5.74, 6) is -0.789. The van der Waals surface area contributed by atoms with Crippen LogP contribution in [-0.4, -0.2) is 10.9 Å². The first-order chi connectivity index (χ1) is 12.1. The summed E-state index contributed by atoms with van der Waals surface area (Å²) >= 11 is 0. The minimum atomic E-state index is -0.578. The fraction of sp³-hybridized carbons (Fsp3) is 0.0526. The van der Waals surface area contributed by atoms with Gasteiger partial charge in [-0.1, -0.05) is 24.3 Å². The van der Waals surface area contributed by atoms with Crippen LogP contribution in [0.15, 0.2) is 66.9 Å². The highest BCUT2D eigenvalue weighted by Crippen LogP contribution is 2.14. The molecule has 0 aliphatic rings. The molecule has 0 spiro atoms. The smallest absolute Gasteiger partial charge is 0.258 e. The van der Waals surface area contributed by atoms with Gasteiger partial charge in [-0.25, -0.2) is 13.8 Å². The molecule has 0 bridgehead atoms. The third-order valence-electron chi connectivity index (χ3n) is 3.53. The molecule has 0 saturated heterocycles. The van der Waals surface area contributed by atoms with E-state index < -0.39 is 11.7 Å². The van der Waals surface area contributed by atoms with E-state index in [1.54, 1.807) is 30.3 Å². The van der Waals surface area contributed by atoms with E-state index in [0.29, 0.717) is 18.1 Å². The minimum absolute atomic E-state index is 0.0268. The van der Waals surface area contributed by atoms with Crippen molar-refractivity contribution in [2.24, 2.45) is 0 Å². The SMILES string of the molecule is O=C(Nc1ccc(NCc2ccc(F)cc2)nc1)c1ccccc1F. The Labute approximate surface area is 143 Å². The number of halogens is 2. The van der Waals surface area contributed by atoms with E-state index in [4.69, 9.17) is 0 Å². The Morgan fingerprint density at radius 1 is 0.960 bits per heavy atom. The lowest BCUT2D eigenvalue weighted by Crippen LogP contribution is -2.13. The average Bonchev–Trinajstić information content (AvgIpc) is 2.63. The van der Waals surface area contributed by atoms with Gasteiger partial charge in [-0.15, -0.1) is 0 Å². The number of aromatic nitrogens is 1. The van der Waals surface area contributed by atoms with Crippen LogP contribution in [0.4, 0.5) is 20.3 Å². The minimum Gasteiger partial charge on any atom is -0.366 e. The maximum Gasteiger partial charge on any atom is 0.258 e. The molecule has 0 radical (unpaired) electrons. The van der Waals surface area contributed by atoms with E-state index in [1.807, 2.05) is 0 Å². The molecule has 0 unspecified atom stereocenters. The Bertz CT molecular complexity index is 865. The summed E-state index contributed by atoms with van der Waals surface area (Å²) in [6, 6.07) is 15.3. The van der Waals surface area contributed by atoms with Crippen molar-refractivity contribution in [1.82, 2.24) is 4.98 Å². The molecule has 3 rings (SSSR count). The summed E-state index contributed by atoms with van der Waals surface area (Å²) in [7, 11) is 0. The molecular formula is C19H15F2N3O. The zero-order valence-electron chi connectivity index (χ0n) is 13.2. The molecule has 126 valence electrons. The van der Waals surface area contributed by atoms with Crippen molar-refractivity contribution in [2.75, 3.05) is 10.6 Å². The van der Waals surface area contributed by atoms with Crippen molar-refractivity contribution >= 4 is 17.4 Å². The van der Waals surface area contributed by atoms with Crippen LogP contribution in [0.2, 0.25) is 0 Å². The molecule has 0 atom stereocenters. The molecule has 3 aromatic rings. The second kappa shape index (κ2) is 7.53. The van der Waals surface area contributed by atoms with Gasteiger partial charge < -0.3 is 10.6 Å². The Morgan fingerprint density at radius 2 is 1.72 bits per heavy atom. The van der Waals surface area contributed by atoms with Crippen molar-refractivity contribution < 1.29 is 13.6 Å². The number of carbonyl (C=O) groups excluding carboxylic acids is 1. The maximum atomic E-state index is 13.6. The second-order valence-corrected chi connectivity index (χ2v) is 5.35. The van der Waals surface area contributed by atoms with Crippen LogP contribution in [0.5, 0.6) is 0 Å². The predicted octanol–water partition coefficient (Wildman–Crippen LogP) is 4.22. The van der Waals surface area contributed by atoms with Gasteiger partial charge >= 0.3 is 0 Å². The van der Waals surface area contributed by atoms with E-state index in [9.17, 15) is 13.6 Å². The van der Waals surface area contributed by atoms with Gasteiger partial charge in [0.15, 0.2) is 0 Å². The van der Waals surface area contributed by atoms with Crippen LogP contribution < -0.4 is 10.6 Å². The van der Waals surface area contributed by atoms with Gasteiger partial charge in [0.25, 0.3) is 5.91 Å². The number of amides is 1. The summed E-state index contributed by atoms with van der Waals surface area (Å²) in [4.78, 5) is 16.2. The molecule has 0 aliphatic carbocycles. The van der Waals surface area contributed by atoms with E-state index in [2.05, 4.69) is 15.6 Å². The number of anilines is 2. The Balaban J connectivity index is 1.59. The number of carbonyl (C=O) groups is 1. The van der Waals surface area contributed by atoms with Crippen molar-refractivity contribution in [3.05, 3.63) is 89.6 Å². The lowest BCUT2D eigenvalue weighted by Gasteiger charge is -2.08. The molecule has 4 nitrogen and oxygen atoms in total. The van der Waals surface area contributed by atoms with Gasteiger partial charge in [-0.2, -0.15) is 0 Å². The number of benzene rings is 2. The number of nitrogens with zero attached hydrogens (tertiary/aromatic N) is 1. The highest BCUT2D eigenvalue weighted by Gasteiger charge is 2.11. The van der Waals surface area contributed by atoms with Crippen molar-refractivity contribution in [3.8, 4) is 0 Å². The molecular weight excluding hydrogens is 324 g/mol. The van der Waals surface area contributed by atoms with Crippen molar-refractivity contribution in [2.45, 2.75) is 6.54 Å². The highest BCUT2D eigenvalue weighted by molar-refractivity contribution is 6.04. The van der Waals surface area contributed by atoms with Crippen LogP contribution in [0.1, 0.15) is 15.9 Å². The molecule has 2 aromatic carbocycles. The van der Waals surface area contributed by atoms with Gasteiger partial charge in [0, 0.05) is 6.54 Å². The van der Waals surface area contributed by atoms with Crippen LogP contribution in [0.3, 0.4) is 0 Å². The van der Waals surface area contributed by atoms with Gasteiger partial charge in [-0.05, 0) is 42.0 Å². The maximum absolute atomic E-state index is 13.6. The standard InChI is InChI=1S/C19H15F2N3O/c20-14-7-5-13(6-8-14)11-22-18-10-9-15(12-23-18)24-19(25)16-3-1-2-4-17(16)21/h1-10,12H,11H2,(H,22,23)(H,24,25). The number of hydrogen-bond acceptors (Lipinski definition) is 3. The van der Waals surface area contributed by atoms with Gasteiger partial charge in [0.2, 0.25) is 0 Å². The first kappa shape index (κ1) is 16.6. The fourth-order valence-corrected chi connectivity index (χ4v) is 2.21. The molecule has 6 heteroatoms. The molecule has 0 aliphatic heterocycles. The summed E-state index contributed by atoms with van der Waals surface area (Å²) in [6.07, 6.45) is 1.48. The summed E-state index contributed by atoms with van der Waals surface area (Å²) in [5, 5.41) is 5.69. The van der Waals surface area contributed by atoms with Crippen LogP contribution in [0, 0.1) is 11.6 Å². The largest absolute Gasteiger partial charge is 0.366 e. The first-order valence-corrected chi connectivity index (χ1v) is 7.62. The second-order valence-electron chi connectivity index (χ2n) is 5.35. The van der Waals surface area contributed by atoms with Gasteiger partial charge in [0.05, 0.1) is 17.4 Å². The van der Waals surface area contributed by atoms with E-state index in [-0.39, 0.29) is 11.4 Å². The third-order valence-corrected chi connectivity index (χ3v) is 3.53. The quantitative estimate of drug-likeness (QED) is 0.732. The molecule has 1 heterocycles. The molecule has 0 saturated carbocycles. The predicted molar refractivity (Wildman–Crippen MR) is 92.3 cm³/mol. The number of pyridine rings is 1. The molecule has 25 heavy (non-hydrogen) atoms. The number of nitrogens with one attached hydrogen (secondary N) is 2. The summed E-state index contributed by atoms with van der Waals surface area (Å²) in [5.41, 5.74) is 1.35. The topological polar surface area (TPSA) is 54.0 Å². The lowest BCUT2D eigenvalue weighted by molar-refractivity contribution is 0.102. The molecule has 2 N–H and O–H groups in total. The van der Waals surface area contributed by atoms with Crippen LogP contribution in [-0.2, 0) is 6.54 Å². The van der Waals surface area contributed by atoms with Crippen molar-refractivity contribution in [3.63, 3.8) is 0 Å². The van der Waals surface area contributed by atoms with E-state index >= 15 is 0 Å². The Morgan fingerprint density at radius 3 is 2.40 bits per heavy atom. The Kier molecular flexibility index (Phi) is 4.99. The highest BCUT2D eigenvalue weighted by atomic mass is 19.1. The third kappa shape index (κ3) is 4.38. The summed E-state index contributed by atoms with van der Waals surface area (Å²) < 4.78 is 26.4. The monoisotopic (exact) mass is 339 g/mol. The normalized spacial score (nSPS) is 10.3. The number of hydrogen-bond donors (Lipinski definition) is 2. The lowest BCUT2D eigenvalue weighted by atomic mass is 10.2. The van der Waals surface area contributed by atoms with Gasteiger partial charge in [-0.3, -0.25) is 4.79 Å². The molecule has 1 amide bonds. The van der Waals surface area contributed by atoms with E-state index in [1.165, 1.54) is 36.5 Å². The van der Waals surface area contributed by atoms with E-state index in [0.717, 1.165) is 5.56 Å².